The number of halogens is 2. The molecule has 2 aromatic heterocycles. The van der Waals surface area contributed by atoms with Crippen LogP contribution in [0.4, 0.5) is 10.2 Å². The van der Waals surface area contributed by atoms with Crippen molar-refractivity contribution in [3.8, 4) is 17.0 Å². The molecule has 0 saturated heterocycles. The normalized spacial score (nSPS) is 19.0. The lowest BCUT2D eigenvalue weighted by molar-refractivity contribution is -0.145. The maximum atomic E-state index is 14.7. The predicted molar refractivity (Wildman–Crippen MR) is 187 cm³/mol. The van der Waals surface area contributed by atoms with Crippen LogP contribution in [-0.2, 0) is 21.3 Å². The summed E-state index contributed by atoms with van der Waals surface area (Å²) in [7, 11) is 33.2. The summed E-state index contributed by atoms with van der Waals surface area (Å²) in [5, 5.41) is 3.58. The number of aliphatic imine (C=N–C) groups is 1. The lowest BCUT2D eigenvalue weighted by Crippen LogP contribution is -2.38. The minimum atomic E-state index is -1.94. The summed E-state index contributed by atoms with van der Waals surface area (Å²) < 4.78 is 27.8. The minimum Gasteiger partial charge on any atom is -0.482 e. The molecule has 3 heterocycles. The third-order valence-electron chi connectivity index (χ3n) is 7.90. The zero-order chi connectivity index (χ0) is 34.8. The number of pyridine rings is 1. The number of nitrogens with zero attached hydrogens (tertiary/aromatic N) is 4. The number of ether oxygens (including phenoxy) is 2. The number of esters is 1. The monoisotopic (exact) mass is 647 g/mol. The van der Waals surface area contributed by atoms with E-state index in [1.54, 1.807) is 13.0 Å². The molecule has 0 aliphatic carbocycles. The molecule has 234 valence electrons. The molecule has 10 radical (unpaired) electrons. The first-order valence-electron chi connectivity index (χ1n) is 14.8. The van der Waals surface area contributed by atoms with Crippen LogP contribution in [0, 0.1) is 11.7 Å². The van der Waals surface area contributed by atoms with Gasteiger partial charge in [-0.05, 0) is 47.9 Å². The number of hydrogen-bond donors (Lipinski definition) is 3. The molecular weight excluding hydrogens is 615 g/mol. The minimum absolute atomic E-state index is 0.0805. The van der Waals surface area contributed by atoms with Crippen LogP contribution in [0.3, 0.4) is 0 Å². The lowest BCUT2D eigenvalue weighted by atomic mass is 9.42. The van der Waals surface area contributed by atoms with Crippen molar-refractivity contribution in [3.05, 3.63) is 63.7 Å². The number of allylic oxidation sites excluding steroid dienone is 1. The number of anilines is 1. The highest BCUT2D eigenvalue weighted by atomic mass is 35.5. The molecule has 0 fully saturated rings. The first-order chi connectivity index (χ1) is 22.0. The number of hydrogen-bond acceptors (Lipinski definition) is 9. The van der Waals surface area contributed by atoms with Gasteiger partial charge in [-0.15, -0.1) is 5.11 Å². The SMILES string of the molecule is [B]C([B])([B])Cn1nc(Cl)c2c1-c1cnc(NCOC(=O)C(N)C(C)CC)c(c1)O[C@H](C)c1cc(F)ccc1/C(N)=C(/C=NC)C2([B])[B]. The van der Waals surface area contributed by atoms with Crippen molar-refractivity contribution < 1.29 is 18.7 Å². The van der Waals surface area contributed by atoms with Crippen molar-refractivity contribution in [2.24, 2.45) is 22.4 Å². The van der Waals surface area contributed by atoms with Crippen LogP contribution in [0.2, 0.25) is 10.3 Å². The molecule has 3 aromatic rings. The number of nitrogens with one attached hydrogen (secondary N) is 1. The molecule has 2 bridgehead atoms. The Morgan fingerprint density at radius 2 is 2.04 bits per heavy atom. The Hall–Kier alpha value is -3.64. The van der Waals surface area contributed by atoms with Gasteiger partial charge in [0.1, 0.15) is 18.0 Å². The third-order valence-corrected chi connectivity index (χ3v) is 8.16. The van der Waals surface area contributed by atoms with Crippen molar-refractivity contribution in [1.29, 1.82) is 0 Å². The summed E-state index contributed by atoms with van der Waals surface area (Å²) in [6.07, 6.45) is 2.73. The van der Waals surface area contributed by atoms with E-state index in [-0.39, 0.29) is 58.4 Å². The van der Waals surface area contributed by atoms with E-state index in [1.807, 2.05) is 13.8 Å². The second-order valence-electron chi connectivity index (χ2n) is 11.6. The van der Waals surface area contributed by atoms with Gasteiger partial charge in [-0.25, -0.2) is 9.37 Å². The first-order valence-corrected chi connectivity index (χ1v) is 15.1. The van der Waals surface area contributed by atoms with Gasteiger partial charge in [0.2, 0.25) is 0 Å². The van der Waals surface area contributed by atoms with E-state index in [9.17, 15) is 9.18 Å². The smallest absolute Gasteiger partial charge is 0.324 e. The topological polar surface area (TPSA) is 143 Å². The number of carbonyl (C=O) groups is 1. The van der Waals surface area contributed by atoms with E-state index in [4.69, 9.17) is 71.8 Å². The van der Waals surface area contributed by atoms with Crippen LogP contribution in [0.5, 0.6) is 5.75 Å². The van der Waals surface area contributed by atoms with Crippen LogP contribution < -0.4 is 21.5 Å². The maximum Gasteiger partial charge on any atom is 0.324 e. The molecule has 5 N–H and O–H groups in total. The third kappa shape index (κ3) is 7.75. The largest absolute Gasteiger partial charge is 0.482 e. The molecule has 0 spiro atoms. The fourth-order valence-corrected chi connectivity index (χ4v) is 5.54. The molecule has 0 saturated carbocycles. The van der Waals surface area contributed by atoms with Crippen molar-refractivity contribution in [2.75, 3.05) is 19.1 Å². The standard InChI is InChI=1S/C30H32B5ClFN7O3/c1-5-14(2)23(38)28(45)46-13-42-27-21-8-16(10-41-27)25-22(26(36)43-44(25)12-29(31,32)33)30(34,35)20(11-40-4)24(39)18-7-6-17(37)9-19(18)15(3)47-21/h6-11,14-15,23H,5,12-13,38-39H2,1-4H3,(H,41,42)/b24-20+,40-11?/t14?,15-,23?/m1/s1. The molecule has 3 atom stereocenters. The second-order valence-corrected chi connectivity index (χ2v) is 12.0. The zero-order valence-electron chi connectivity index (χ0n) is 26.6. The summed E-state index contributed by atoms with van der Waals surface area (Å²) in [5.74, 6) is -0.855. The number of aromatic nitrogens is 3. The Labute approximate surface area is 285 Å². The van der Waals surface area contributed by atoms with Crippen LogP contribution in [0.15, 0.2) is 41.0 Å². The van der Waals surface area contributed by atoms with Crippen molar-refractivity contribution in [3.63, 3.8) is 0 Å². The van der Waals surface area contributed by atoms with Gasteiger partial charge in [-0.3, -0.25) is 14.5 Å². The van der Waals surface area contributed by atoms with E-state index in [2.05, 4.69) is 20.4 Å². The number of nitrogens with two attached hydrogens (primary N) is 2. The van der Waals surface area contributed by atoms with E-state index in [0.717, 1.165) is 0 Å². The number of carbonyl (C=O) groups excluding carboxylic acids is 1. The van der Waals surface area contributed by atoms with Crippen LogP contribution in [0.25, 0.3) is 17.0 Å². The molecule has 17 heteroatoms. The number of rotatable bonds is 9. The Morgan fingerprint density at radius 1 is 1.34 bits per heavy atom. The highest BCUT2D eigenvalue weighted by molar-refractivity contribution is 6.58. The summed E-state index contributed by atoms with van der Waals surface area (Å²) in [6.45, 7) is 4.98. The van der Waals surface area contributed by atoms with E-state index < -0.39 is 34.3 Å². The summed E-state index contributed by atoms with van der Waals surface area (Å²) in [5.41, 5.74) is 14.4. The number of benzene rings is 1. The molecule has 4 rings (SSSR count). The Balaban J connectivity index is 1.97. The van der Waals surface area contributed by atoms with Crippen LogP contribution >= 0.6 is 11.6 Å². The fraction of sp³-hybridized carbons (Fsp3) is 0.400. The van der Waals surface area contributed by atoms with Crippen molar-refractivity contribution in [2.45, 2.75) is 56.2 Å². The molecule has 47 heavy (non-hydrogen) atoms. The summed E-state index contributed by atoms with van der Waals surface area (Å²) in [4.78, 5) is 21.2. The average Bonchev–Trinajstić information content (AvgIpc) is 3.33. The van der Waals surface area contributed by atoms with E-state index in [1.165, 1.54) is 42.3 Å². The molecule has 10 nitrogen and oxygen atoms in total. The molecule has 2 unspecified atom stereocenters. The van der Waals surface area contributed by atoms with Gasteiger partial charge in [0, 0.05) is 54.0 Å². The van der Waals surface area contributed by atoms with Crippen molar-refractivity contribution in [1.82, 2.24) is 14.8 Å². The average molecular weight is 647 g/mol. The van der Waals surface area contributed by atoms with Gasteiger partial charge in [-0.2, -0.15) is 5.10 Å². The Bertz CT molecular complexity index is 1710. The number of fused-ring (bicyclic) bond motifs is 5. The maximum absolute atomic E-state index is 14.7. The molecule has 1 aromatic carbocycles. The van der Waals surface area contributed by atoms with Gasteiger partial charge in [0.05, 0.1) is 44.9 Å². The van der Waals surface area contributed by atoms with E-state index in [0.29, 0.717) is 23.1 Å². The summed E-state index contributed by atoms with van der Waals surface area (Å²) in [6, 6.07) is 4.82. The van der Waals surface area contributed by atoms with Gasteiger partial charge < -0.3 is 26.3 Å². The highest BCUT2D eigenvalue weighted by Gasteiger charge is 2.36. The fourth-order valence-electron chi connectivity index (χ4n) is 5.20. The van der Waals surface area contributed by atoms with Gasteiger partial charge in [0.25, 0.3) is 0 Å². The van der Waals surface area contributed by atoms with Gasteiger partial charge >= 0.3 is 5.97 Å². The molecule has 0 amide bonds. The Kier molecular flexibility index (Phi) is 11.0. The van der Waals surface area contributed by atoms with Crippen LogP contribution in [0.1, 0.15) is 50.0 Å². The predicted octanol–water partition coefficient (Wildman–Crippen LogP) is 2.62. The molecular formula is C30H32B5ClFN7O3. The first kappa shape index (κ1) is 36.2. The van der Waals surface area contributed by atoms with Gasteiger partial charge in [-0.1, -0.05) is 31.9 Å². The molecule has 1 aliphatic rings. The summed E-state index contributed by atoms with van der Waals surface area (Å²) >= 11 is 6.73. The lowest BCUT2D eigenvalue weighted by Gasteiger charge is -2.32. The quantitative estimate of drug-likeness (QED) is 0.139. The van der Waals surface area contributed by atoms with Crippen molar-refractivity contribution >= 4 is 74.5 Å². The zero-order valence-corrected chi connectivity index (χ0v) is 27.4. The second kappa shape index (κ2) is 14.2. The Morgan fingerprint density at radius 3 is 2.68 bits per heavy atom. The van der Waals surface area contributed by atoms with E-state index >= 15 is 0 Å². The molecule has 1 aliphatic heterocycles. The highest BCUT2D eigenvalue weighted by Crippen LogP contribution is 2.44. The van der Waals surface area contributed by atoms with Crippen LogP contribution in [-0.4, -0.2) is 86.0 Å². The van der Waals surface area contributed by atoms with Gasteiger partial charge in [0.15, 0.2) is 23.5 Å².